The first-order chi connectivity index (χ1) is 9.56. The Balaban J connectivity index is 1.84. The summed E-state index contributed by atoms with van der Waals surface area (Å²) in [7, 11) is 0. The van der Waals surface area contributed by atoms with Gasteiger partial charge in [-0.2, -0.15) is 0 Å². The first-order valence-electron chi connectivity index (χ1n) is 6.23. The Morgan fingerprint density at radius 3 is 2.40 bits per heavy atom. The van der Waals surface area contributed by atoms with Gasteiger partial charge in [0.2, 0.25) is 0 Å². The first-order valence-corrected chi connectivity index (χ1v) is 6.23. The van der Waals surface area contributed by atoms with Crippen molar-refractivity contribution in [3.63, 3.8) is 0 Å². The number of Topliss-reactive ketones (excluding diaryl/α,β-unsaturated/α-hetero) is 1. The maximum Gasteiger partial charge on any atom is 0.269 e. The number of rotatable bonds is 4. The zero-order chi connectivity index (χ0) is 14.5. The molecule has 0 radical (unpaired) electrons. The van der Waals surface area contributed by atoms with Gasteiger partial charge in [-0.3, -0.25) is 19.7 Å². The van der Waals surface area contributed by atoms with Gasteiger partial charge in [0.1, 0.15) is 11.5 Å². The Morgan fingerprint density at radius 1 is 1.25 bits per heavy atom. The van der Waals surface area contributed by atoms with E-state index in [-0.39, 0.29) is 24.0 Å². The highest BCUT2D eigenvalue weighted by molar-refractivity contribution is 5.83. The SMILES string of the molecule is O=C1CCN(C(=O)COc2ccc([N+](=O)[O-])cc2)CC1. The fraction of sp³-hybridized carbons (Fsp3) is 0.385. The topological polar surface area (TPSA) is 89.8 Å². The van der Waals surface area contributed by atoms with Gasteiger partial charge >= 0.3 is 0 Å². The van der Waals surface area contributed by atoms with Gasteiger partial charge in [0.05, 0.1) is 4.92 Å². The minimum atomic E-state index is -0.500. The molecule has 0 aliphatic carbocycles. The number of carbonyl (C=O) groups excluding carboxylic acids is 2. The quantitative estimate of drug-likeness (QED) is 0.609. The zero-order valence-corrected chi connectivity index (χ0v) is 10.8. The lowest BCUT2D eigenvalue weighted by molar-refractivity contribution is -0.384. The van der Waals surface area contributed by atoms with E-state index in [1.807, 2.05) is 0 Å². The van der Waals surface area contributed by atoms with Crippen molar-refractivity contribution in [2.45, 2.75) is 12.8 Å². The minimum absolute atomic E-state index is 0.0294. The highest BCUT2D eigenvalue weighted by Crippen LogP contribution is 2.17. The summed E-state index contributed by atoms with van der Waals surface area (Å²) >= 11 is 0. The van der Waals surface area contributed by atoms with E-state index in [0.29, 0.717) is 31.7 Å². The van der Waals surface area contributed by atoms with Crippen LogP contribution in [-0.4, -0.2) is 41.2 Å². The smallest absolute Gasteiger partial charge is 0.269 e. The van der Waals surface area contributed by atoms with Crippen LogP contribution in [0, 0.1) is 10.1 Å². The number of nitrogens with zero attached hydrogens (tertiary/aromatic N) is 2. The maximum absolute atomic E-state index is 11.8. The Kier molecular flexibility index (Phi) is 4.29. The summed E-state index contributed by atoms with van der Waals surface area (Å²) in [4.78, 5) is 34.5. The molecule has 1 fully saturated rings. The number of non-ortho nitro benzene ring substituents is 1. The number of ether oxygens (including phenoxy) is 1. The zero-order valence-electron chi connectivity index (χ0n) is 10.8. The van der Waals surface area contributed by atoms with Crippen LogP contribution in [0.1, 0.15) is 12.8 Å². The van der Waals surface area contributed by atoms with Crippen molar-refractivity contribution in [3.8, 4) is 5.75 Å². The van der Waals surface area contributed by atoms with E-state index in [1.165, 1.54) is 24.3 Å². The lowest BCUT2D eigenvalue weighted by Crippen LogP contribution is -2.41. The molecule has 1 aromatic rings. The Bertz CT molecular complexity index is 516. The van der Waals surface area contributed by atoms with Gasteiger partial charge in [0.15, 0.2) is 6.61 Å². The summed E-state index contributed by atoms with van der Waals surface area (Å²) in [6.07, 6.45) is 0.784. The normalized spacial score (nSPS) is 15.0. The van der Waals surface area contributed by atoms with Gasteiger partial charge in [-0.05, 0) is 12.1 Å². The second-order valence-corrected chi connectivity index (χ2v) is 4.46. The predicted octanol–water partition coefficient (Wildman–Crippen LogP) is 1.17. The molecule has 1 saturated heterocycles. The summed E-state index contributed by atoms with van der Waals surface area (Å²) < 4.78 is 5.28. The number of amides is 1. The lowest BCUT2D eigenvalue weighted by atomic mass is 10.1. The third-order valence-corrected chi connectivity index (χ3v) is 3.08. The Labute approximate surface area is 115 Å². The van der Waals surface area contributed by atoms with Crippen molar-refractivity contribution in [3.05, 3.63) is 34.4 Å². The number of nitro groups is 1. The fourth-order valence-electron chi connectivity index (χ4n) is 1.91. The highest BCUT2D eigenvalue weighted by Gasteiger charge is 2.20. The van der Waals surface area contributed by atoms with E-state index in [2.05, 4.69) is 0 Å². The third-order valence-electron chi connectivity index (χ3n) is 3.08. The molecule has 0 unspecified atom stereocenters. The Morgan fingerprint density at radius 2 is 1.85 bits per heavy atom. The van der Waals surface area contributed by atoms with Crippen LogP contribution in [0.2, 0.25) is 0 Å². The summed E-state index contributed by atoms with van der Waals surface area (Å²) in [6, 6.07) is 5.54. The van der Waals surface area contributed by atoms with Crippen molar-refractivity contribution in [2.24, 2.45) is 0 Å². The van der Waals surface area contributed by atoms with Crippen LogP contribution in [0.4, 0.5) is 5.69 Å². The molecule has 0 spiro atoms. The standard InChI is InChI=1S/C13H14N2O5/c16-11-5-7-14(8-6-11)13(17)9-20-12-3-1-10(2-4-12)15(18)19/h1-4H,5-9H2. The van der Waals surface area contributed by atoms with Crippen LogP contribution in [0.3, 0.4) is 0 Å². The molecule has 1 aliphatic heterocycles. The van der Waals surface area contributed by atoms with Crippen molar-refractivity contribution in [1.29, 1.82) is 0 Å². The lowest BCUT2D eigenvalue weighted by Gasteiger charge is -2.25. The van der Waals surface area contributed by atoms with Gasteiger partial charge < -0.3 is 9.64 Å². The van der Waals surface area contributed by atoms with Gasteiger partial charge in [-0.15, -0.1) is 0 Å². The van der Waals surface area contributed by atoms with Gasteiger partial charge in [-0.1, -0.05) is 0 Å². The van der Waals surface area contributed by atoms with Crippen LogP contribution >= 0.6 is 0 Å². The number of carbonyl (C=O) groups is 2. The van der Waals surface area contributed by atoms with Gasteiger partial charge in [-0.25, -0.2) is 0 Å². The number of hydrogen-bond acceptors (Lipinski definition) is 5. The summed E-state index contributed by atoms with van der Waals surface area (Å²) in [5.74, 6) is 0.387. The van der Waals surface area contributed by atoms with E-state index in [9.17, 15) is 19.7 Å². The minimum Gasteiger partial charge on any atom is -0.484 e. The van der Waals surface area contributed by atoms with Crippen LogP contribution in [0.25, 0.3) is 0 Å². The molecule has 1 heterocycles. The number of benzene rings is 1. The summed E-state index contributed by atoms with van der Waals surface area (Å²) in [5.41, 5.74) is -0.0294. The Hall–Kier alpha value is -2.44. The molecular formula is C13H14N2O5. The van der Waals surface area contributed by atoms with E-state index in [4.69, 9.17) is 4.74 Å². The van der Waals surface area contributed by atoms with E-state index < -0.39 is 4.92 Å². The fourth-order valence-corrected chi connectivity index (χ4v) is 1.91. The molecule has 1 aromatic carbocycles. The third kappa shape index (κ3) is 3.53. The van der Waals surface area contributed by atoms with Crippen molar-refractivity contribution >= 4 is 17.4 Å². The molecule has 7 nitrogen and oxygen atoms in total. The summed E-state index contributed by atoms with van der Waals surface area (Å²) in [6.45, 7) is 0.731. The van der Waals surface area contributed by atoms with Gasteiger partial charge in [0.25, 0.3) is 11.6 Å². The van der Waals surface area contributed by atoms with Crippen LogP contribution in [0.15, 0.2) is 24.3 Å². The van der Waals surface area contributed by atoms with Gasteiger partial charge in [0, 0.05) is 38.1 Å². The average molecular weight is 278 g/mol. The molecule has 1 amide bonds. The van der Waals surface area contributed by atoms with E-state index >= 15 is 0 Å². The molecule has 1 aliphatic rings. The maximum atomic E-state index is 11.8. The largest absolute Gasteiger partial charge is 0.484 e. The summed E-state index contributed by atoms with van der Waals surface area (Å²) in [5, 5.41) is 10.5. The number of ketones is 1. The molecule has 0 N–H and O–H groups in total. The number of nitro benzene ring substituents is 1. The number of hydrogen-bond donors (Lipinski definition) is 0. The molecule has 0 aromatic heterocycles. The van der Waals surface area contributed by atoms with Crippen molar-refractivity contribution in [2.75, 3.05) is 19.7 Å². The second kappa shape index (κ2) is 6.14. The number of piperidine rings is 1. The molecule has 2 rings (SSSR count). The van der Waals surface area contributed by atoms with E-state index in [1.54, 1.807) is 4.90 Å². The molecule has 20 heavy (non-hydrogen) atoms. The molecule has 0 bridgehead atoms. The average Bonchev–Trinajstić information content (AvgIpc) is 2.46. The first kappa shape index (κ1) is 14.0. The van der Waals surface area contributed by atoms with Crippen LogP contribution < -0.4 is 4.74 Å². The van der Waals surface area contributed by atoms with Crippen LogP contribution in [0.5, 0.6) is 5.75 Å². The molecule has 0 atom stereocenters. The van der Waals surface area contributed by atoms with Crippen molar-refractivity contribution in [1.82, 2.24) is 4.90 Å². The molecule has 106 valence electrons. The molecule has 0 saturated carbocycles. The monoisotopic (exact) mass is 278 g/mol. The highest BCUT2D eigenvalue weighted by atomic mass is 16.6. The van der Waals surface area contributed by atoms with E-state index in [0.717, 1.165) is 0 Å². The molecular weight excluding hydrogens is 264 g/mol. The predicted molar refractivity (Wildman–Crippen MR) is 69.4 cm³/mol. The second-order valence-electron chi connectivity index (χ2n) is 4.46. The van der Waals surface area contributed by atoms with Crippen LogP contribution in [-0.2, 0) is 9.59 Å². The molecule has 7 heteroatoms. The number of likely N-dealkylation sites (tertiary alicyclic amines) is 1. The van der Waals surface area contributed by atoms with Crippen molar-refractivity contribution < 1.29 is 19.2 Å².